The molecule has 30 heavy (non-hydrogen) atoms. The molecule has 1 aliphatic rings. The van der Waals surface area contributed by atoms with Gasteiger partial charge in [0.1, 0.15) is 17.7 Å². The third kappa shape index (κ3) is 4.87. The van der Waals surface area contributed by atoms with Crippen molar-refractivity contribution in [1.82, 2.24) is 10.2 Å². The highest BCUT2D eigenvalue weighted by molar-refractivity contribution is 5.63. The van der Waals surface area contributed by atoms with Crippen molar-refractivity contribution in [3.05, 3.63) is 72.0 Å². The zero-order chi connectivity index (χ0) is 21.4. The number of halogens is 1. The molecule has 2 N–H and O–H groups in total. The molecular weight excluding hydrogens is 379 g/mol. The Hall–Kier alpha value is -3.59. The largest absolute Gasteiger partial charge is 0.450 e. The van der Waals surface area contributed by atoms with Gasteiger partial charge < -0.3 is 15.4 Å². The van der Waals surface area contributed by atoms with Crippen LogP contribution in [0.3, 0.4) is 0 Å². The van der Waals surface area contributed by atoms with Crippen molar-refractivity contribution in [1.29, 1.82) is 0 Å². The van der Waals surface area contributed by atoms with Crippen molar-refractivity contribution in [2.75, 3.05) is 24.8 Å². The van der Waals surface area contributed by atoms with E-state index in [0.717, 1.165) is 47.6 Å². The summed E-state index contributed by atoms with van der Waals surface area (Å²) >= 11 is 0. The maximum absolute atomic E-state index is 13.2. The summed E-state index contributed by atoms with van der Waals surface area (Å²) in [6.07, 6.45) is 9.65. The Balaban J connectivity index is 0.000000589. The van der Waals surface area contributed by atoms with E-state index in [9.17, 15) is 4.39 Å². The fourth-order valence-electron chi connectivity index (χ4n) is 3.39. The van der Waals surface area contributed by atoms with Crippen molar-refractivity contribution >= 4 is 11.5 Å². The monoisotopic (exact) mass is 404 g/mol. The Bertz CT molecular complexity index is 976. The fraction of sp³-hybridized carbons (Fsp3) is 0.250. The number of benzene rings is 2. The van der Waals surface area contributed by atoms with E-state index in [-0.39, 0.29) is 11.4 Å². The molecule has 0 aliphatic heterocycles. The van der Waals surface area contributed by atoms with E-state index in [1.165, 1.54) is 19.2 Å². The molecule has 0 amide bonds. The van der Waals surface area contributed by atoms with Gasteiger partial charge in [-0.2, -0.15) is 0 Å². The molecule has 0 radical (unpaired) electrons. The van der Waals surface area contributed by atoms with E-state index in [1.54, 1.807) is 0 Å². The van der Waals surface area contributed by atoms with Gasteiger partial charge in [0, 0.05) is 18.3 Å². The van der Waals surface area contributed by atoms with Gasteiger partial charge in [-0.1, -0.05) is 30.7 Å². The molecule has 0 bridgehead atoms. The number of ether oxygens (including phenoxy) is 1. The summed E-state index contributed by atoms with van der Waals surface area (Å²) in [5.41, 5.74) is 3.85. The maximum atomic E-state index is 13.2. The lowest BCUT2D eigenvalue weighted by molar-refractivity contribution is 0.283. The van der Waals surface area contributed by atoms with Gasteiger partial charge in [0.15, 0.2) is 0 Å². The zero-order valence-electron chi connectivity index (χ0n) is 17.2. The number of nitrogens with zero attached hydrogens (tertiary/aromatic N) is 2. The lowest BCUT2D eigenvalue weighted by Crippen LogP contribution is -2.42. The number of hydrogen-bond donors (Lipinski definition) is 2. The Labute approximate surface area is 176 Å². The Morgan fingerprint density at radius 2 is 1.67 bits per heavy atom. The van der Waals surface area contributed by atoms with Crippen LogP contribution in [0.4, 0.5) is 15.9 Å². The first-order valence-corrected chi connectivity index (χ1v) is 9.75. The minimum absolute atomic E-state index is 0.168. The van der Waals surface area contributed by atoms with Gasteiger partial charge in [-0.25, -0.2) is 4.39 Å². The summed E-state index contributed by atoms with van der Waals surface area (Å²) in [6.45, 7) is 0. The van der Waals surface area contributed by atoms with Crippen LogP contribution in [0, 0.1) is 18.3 Å². The zero-order valence-corrected chi connectivity index (χ0v) is 17.2. The summed E-state index contributed by atoms with van der Waals surface area (Å²) < 4.78 is 17.3. The molecule has 1 saturated carbocycles. The van der Waals surface area contributed by atoms with Crippen LogP contribution in [0.25, 0.3) is 11.3 Å². The Kier molecular flexibility index (Phi) is 6.87. The standard InChI is InChI=1S/C21H21FN4.C3H4O/c1-23-18-9-3-15(4-10-18)19-11-12-20(26-25-19)24-21(13-2-14-21)16-5-7-17(22)8-6-16;1-3-4-2/h3-12,23H,2,13-14H2,1H3,(H,24,26);1H,2H3. The van der Waals surface area contributed by atoms with Gasteiger partial charge in [0.25, 0.3) is 0 Å². The number of rotatable bonds is 5. The Morgan fingerprint density at radius 1 is 1.00 bits per heavy atom. The molecule has 0 saturated heterocycles. The summed E-state index contributed by atoms with van der Waals surface area (Å²) in [4.78, 5) is 0. The first-order chi connectivity index (χ1) is 14.6. The number of aromatic nitrogens is 2. The van der Waals surface area contributed by atoms with Crippen LogP contribution in [0.2, 0.25) is 0 Å². The number of hydrogen-bond acceptors (Lipinski definition) is 5. The lowest BCUT2D eigenvalue weighted by Gasteiger charge is -2.43. The molecule has 0 unspecified atom stereocenters. The summed E-state index contributed by atoms with van der Waals surface area (Å²) in [6, 6.07) is 18.7. The van der Waals surface area contributed by atoms with E-state index in [1.807, 2.05) is 61.7 Å². The van der Waals surface area contributed by atoms with Crippen molar-refractivity contribution in [3.63, 3.8) is 0 Å². The third-order valence-electron chi connectivity index (χ3n) is 5.22. The molecule has 1 heterocycles. The average molecular weight is 404 g/mol. The second-order valence-electron chi connectivity index (χ2n) is 7.02. The minimum Gasteiger partial charge on any atom is -0.450 e. The summed E-state index contributed by atoms with van der Waals surface area (Å²) in [5, 5.41) is 15.3. The molecule has 6 heteroatoms. The maximum Gasteiger partial charge on any atom is 0.149 e. The van der Waals surface area contributed by atoms with Crippen LogP contribution in [-0.2, 0) is 10.3 Å². The summed E-state index contributed by atoms with van der Waals surface area (Å²) in [7, 11) is 3.34. The molecule has 0 atom stereocenters. The average Bonchev–Trinajstić information content (AvgIpc) is 2.78. The molecular formula is C24H25FN4O. The third-order valence-corrected chi connectivity index (χ3v) is 5.22. The second-order valence-corrected chi connectivity index (χ2v) is 7.02. The minimum atomic E-state index is -0.211. The van der Waals surface area contributed by atoms with Crippen LogP contribution in [0.5, 0.6) is 0 Å². The molecule has 3 aromatic rings. The molecule has 0 spiro atoms. The molecule has 4 rings (SSSR count). The second kappa shape index (κ2) is 9.75. The van der Waals surface area contributed by atoms with Gasteiger partial charge >= 0.3 is 0 Å². The van der Waals surface area contributed by atoms with E-state index in [4.69, 9.17) is 0 Å². The van der Waals surface area contributed by atoms with E-state index < -0.39 is 0 Å². The van der Waals surface area contributed by atoms with Crippen LogP contribution >= 0.6 is 0 Å². The number of nitrogens with one attached hydrogen (secondary N) is 2. The highest BCUT2D eigenvalue weighted by Crippen LogP contribution is 2.43. The normalized spacial score (nSPS) is 13.7. The van der Waals surface area contributed by atoms with E-state index in [0.29, 0.717) is 0 Å². The smallest absolute Gasteiger partial charge is 0.149 e. The highest BCUT2D eigenvalue weighted by Gasteiger charge is 2.39. The van der Waals surface area contributed by atoms with Gasteiger partial charge in [0.05, 0.1) is 18.3 Å². The number of anilines is 2. The van der Waals surface area contributed by atoms with Gasteiger partial charge in [-0.05, 0) is 61.2 Å². The van der Waals surface area contributed by atoms with Crippen molar-refractivity contribution in [3.8, 4) is 23.8 Å². The lowest BCUT2D eigenvalue weighted by atomic mass is 9.72. The Morgan fingerprint density at radius 3 is 2.13 bits per heavy atom. The van der Waals surface area contributed by atoms with Gasteiger partial charge in [-0.15, -0.1) is 10.2 Å². The van der Waals surface area contributed by atoms with Gasteiger partial charge in [-0.3, -0.25) is 0 Å². The number of terminal acetylenes is 1. The van der Waals surface area contributed by atoms with Crippen molar-refractivity contribution in [2.24, 2.45) is 0 Å². The van der Waals surface area contributed by atoms with Crippen molar-refractivity contribution < 1.29 is 9.13 Å². The predicted octanol–water partition coefficient (Wildman–Crippen LogP) is 5.04. The molecule has 1 fully saturated rings. The quantitative estimate of drug-likeness (QED) is 0.584. The predicted molar refractivity (Wildman–Crippen MR) is 118 cm³/mol. The summed E-state index contributed by atoms with van der Waals surface area (Å²) in [5.74, 6) is 0.529. The van der Waals surface area contributed by atoms with E-state index in [2.05, 4.69) is 32.0 Å². The van der Waals surface area contributed by atoms with E-state index >= 15 is 0 Å². The molecule has 154 valence electrons. The first kappa shape index (κ1) is 21.1. The van der Waals surface area contributed by atoms with Crippen LogP contribution in [-0.4, -0.2) is 24.4 Å². The number of methoxy groups -OCH3 is 1. The van der Waals surface area contributed by atoms with Crippen LogP contribution < -0.4 is 10.6 Å². The molecule has 5 nitrogen and oxygen atoms in total. The molecule has 1 aromatic heterocycles. The molecule has 2 aromatic carbocycles. The SMILES string of the molecule is C#COC.CNc1ccc(-c2ccc(NC3(c4ccc(F)cc4)CCC3)nn2)cc1. The van der Waals surface area contributed by atoms with Crippen molar-refractivity contribution in [2.45, 2.75) is 24.8 Å². The molecule has 1 aliphatic carbocycles. The topological polar surface area (TPSA) is 59.1 Å². The van der Waals surface area contributed by atoms with Crippen LogP contribution in [0.15, 0.2) is 60.7 Å². The van der Waals surface area contributed by atoms with Gasteiger partial charge in [0.2, 0.25) is 0 Å². The highest BCUT2D eigenvalue weighted by atomic mass is 19.1. The van der Waals surface area contributed by atoms with Crippen LogP contribution in [0.1, 0.15) is 24.8 Å². The first-order valence-electron chi connectivity index (χ1n) is 9.75. The fourth-order valence-corrected chi connectivity index (χ4v) is 3.39.